The third kappa shape index (κ3) is 13.7. The van der Waals surface area contributed by atoms with Gasteiger partial charge in [-0.1, -0.05) is 115 Å². The maximum atomic E-state index is 15.4. The number of benzene rings is 5. The number of sulfonamides is 1. The predicted octanol–water partition coefficient (Wildman–Crippen LogP) is 13.7. The maximum Gasteiger partial charge on any atom is 0.278 e. The van der Waals surface area contributed by atoms with Crippen molar-refractivity contribution in [1.82, 2.24) is 4.31 Å². The van der Waals surface area contributed by atoms with E-state index in [1.54, 1.807) is 18.2 Å². The quantitative estimate of drug-likeness (QED) is 0.0367. The van der Waals surface area contributed by atoms with E-state index in [4.69, 9.17) is 24.2 Å². The first-order valence-electron chi connectivity index (χ1n) is 25.1. The Morgan fingerprint density at radius 1 is 0.739 bits per heavy atom. The van der Waals surface area contributed by atoms with Crippen LogP contribution in [0.1, 0.15) is 116 Å². The number of unbranched alkanes of at least 4 members (excludes halogenated alkanes) is 2. The van der Waals surface area contributed by atoms with Gasteiger partial charge in [-0.25, -0.2) is 22.7 Å². The summed E-state index contributed by atoms with van der Waals surface area (Å²) in [5.74, 6) is 0.877. The van der Waals surface area contributed by atoms with E-state index in [1.807, 2.05) is 94.4 Å². The van der Waals surface area contributed by atoms with Gasteiger partial charge in [-0.15, -0.1) is 0 Å². The molecule has 0 aliphatic carbocycles. The molecule has 1 aliphatic heterocycles. The topological polar surface area (TPSA) is 143 Å². The van der Waals surface area contributed by atoms with Gasteiger partial charge in [0.1, 0.15) is 23.1 Å². The molecule has 1 heterocycles. The third-order valence-corrected chi connectivity index (χ3v) is 14.6. The van der Waals surface area contributed by atoms with Crippen molar-refractivity contribution in [2.75, 3.05) is 42.4 Å². The zero-order chi connectivity index (χ0) is 49.5. The number of aryl methyl sites for hydroxylation is 3. The van der Waals surface area contributed by atoms with Gasteiger partial charge in [-0.3, -0.25) is 4.79 Å². The molecule has 12 nitrogen and oxygen atoms in total. The average Bonchev–Trinajstić information content (AvgIpc) is 3.33. The Morgan fingerprint density at radius 2 is 1.42 bits per heavy atom. The predicted molar refractivity (Wildman–Crippen MR) is 285 cm³/mol. The van der Waals surface area contributed by atoms with Gasteiger partial charge in [0.05, 0.1) is 23.7 Å². The SMILES string of the molecule is CCCCC(CC)COc1ccc(NCOC(CC)Oc2ccc(C)cc2C)cc1NC(=O)/C(=N\c1ccc(NCC)cc1C)C1=Nc2cc3ccccc3cc2S(=O)(=O)N1CC(CC)CCCC. The molecule has 69 heavy (non-hydrogen) atoms. The van der Waals surface area contributed by atoms with Gasteiger partial charge in [-0.2, -0.15) is 0 Å². The lowest BCUT2D eigenvalue weighted by Crippen LogP contribution is -2.48. The van der Waals surface area contributed by atoms with Crippen LogP contribution in [-0.2, 0) is 19.6 Å². The number of carbonyl (C=O) groups excluding carboxylic acids is 1. The normalized spacial score (nSPS) is 14.7. The highest BCUT2D eigenvalue weighted by atomic mass is 32.2. The zero-order valence-corrected chi connectivity index (χ0v) is 43.1. The van der Waals surface area contributed by atoms with Gasteiger partial charge in [0, 0.05) is 30.9 Å². The molecule has 3 unspecified atom stereocenters. The van der Waals surface area contributed by atoms with Crippen molar-refractivity contribution in [2.24, 2.45) is 21.8 Å². The highest BCUT2D eigenvalue weighted by Crippen LogP contribution is 2.38. The van der Waals surface area contributed by atoms with Crippen molar-refractivity contribution >= 4 is 66.7 Å². The number of anilines is 3. The minimum absolute atomic E-state index is 0.000182. The first-order chi connectivity index (χ1) is 33.3. The fourth-order valence-electron chi connectivity index (χ4n) is 8.51. The molecule has 0 spiro atoms. The molecule has 0 fully saturated rings. The number of ether oxygens (including phenoxy) is 3. The van der Waals surface area contributed by atoms with Crippen LogP contribution >= 0.6 is 0 Å². The number of nitrogens with one attached hydrogen (secondary N) is 3. The molecule has 0 bridgehead atoms. The summed E-state index contributed by atoms with van der Waals surface area (Å²) in [5.41, 5.74) is 5.55. The highest BCUT2D eigenvalue weighted by molar-refractivity contribution is 7.90. The molecule has 1 aliphatic rings. The molecule has 5 aromatic carbocycles. The molecule has 370 valence electrons. The number of fused-ring (bicyclic) bond motifs is 2. The van der Waals surface area contributed by atoms with E-state index in [2.05, 4.69) is 56.6 Å². The third-order valence-electron chi connectivity index (χ3n) is 12.8. The lowest BCUT2D eigenvalue weighted by atomic mass is 9.99. The standard InChI is InChI=1S/C56H74N6O6S/c1-10-16-20-41(12-3)35-62-55(60-49-32-43-22-18-19-23-44(43)33-52(49)69(62,64)65)54(59-47-27-25-45(57-15-6)31-39(47)8)56(63)61-48-34-46(26-29-51(48)66-36-42(13-4)21-17-11-2)58-37-67-53(14-5)68-50-28-24-38(7)30-40(50)9/h18-19,22-34,41-42,53,57-58H,10-17,20-21,35-37H2,1-9H3,(H,61,63)/b59-54-. The summed E-state index contributed by atoms with van der Waals surface area (Å²) in [5, 5.41) is 11.5. The second-order valence-electron chi connectivity index (χ2n) is 18.2. The van der Waals surface area contributed by atoms with E-state index in [1.165, 1.54) is 4.31 Å². The van der Waals surface area contributed by atoms with Crippen molar-refractivity contribution in [2.45, 2.75) is 131 Å². The average molecular weight is 959 g/mol. The van der Waals surface area contributed by atoms with Crippen molar-refractivity contribution in [3.8, 4) is 11.5 Å². The summed E-state index contributed by atoms with van der Waals surface area (Å²) < 4.78 is 50.6. The van der Waals surface area contributed by atoms with Crippen molar-refractivity contribution in [3.63, 3.8) is 0 Å². The fraction of sp³-hybridized carbons (Fsp3) is 0.446. The second kappa shape index (κ2) is 25.1. The van der Waals surface area contributed by atoms with Crippen LogP contribution < -0.4 is 25.4 Å². The number of amidine groups is 1. The van der Waals surface area contributed by atoms with Crippen molar-refractivity contribution in [1.29, 1.82) is 0 Å². The van der Waals surface area contributed by atoms with Crippen LogP contribution in [0.25, 0.3) is 10.8 Å². The molecule has 0 saturated heterocycles. The van der Waals surface area contributed by atoms with Gasteiger partial charge < -0.3 is 30.2 Å². The Hall–Kier alpha value is -5.92. The van der Waals surface area contributed by atoms with Gasteiger partial charge in [0.25, 0.3) is 15.9 Å². The molecular weight excluding hydrogens is 885 g/mol. The summed E-state index contributed by atoms with van der Waals surface area (Å²) in [4.78, 5) is 25.7. The van der Waals surface area contributed by atoms with Crippen LogP contribution in [-0.4, -0.2) is 62.9 Å². The monoisotopic (exact) mass is 959 g/mol. The smallest absolute Gasteiger partial charge is 0.278 e. The Bertz CT molecular complexity index is 2700. The Labute approximate surface area is 411 Å². The van der Waals surface area contributed by atoms with Crippen LogP contribution in [0.15, 0.2) is 106 Å². The minimum atomic E-state index is -4.24. The van der Waals surface area contributed by atoms with E-state index in [0.29, 0.717) is 41.8 Å². The molecule has 1 amide bonds. The van der Waals surface area contributed by atoms with Gasteiger partial charge >= 0.3 is 0 Å². The van der Waals surface area contributed by atoms with Gasteiger partial charge in [-0.05, 0) is 129 Å². The largest absolute Gasteiger partial charge is 0.491 e. The number of aliphatic imine (C=N–C) groups is 2. The lowest BCUT2D eigenvalue weighted by molar-refractivity contribution is -0.110. The van der Waals surface area contributed by atoms with Crippen LogP contribution in [0.4, 0.5) is 28.4 Å². The summed E-state index contributed by atoms with van der Waals surface area (Å²) in [6.45, 7) is 20.0. The van der Waals surface area contributed by atoms with Crippen LogP contribution in [0.5, 0.6) is 11.5 Å². The number of hydrogen-bond acceptors (Lipinski definition) is 10. The second-order valence-corrected chi connectivity index (χ2v) is 20.0. The summed E-state index contributed by atoms with van der Waals surface area (Å²) in [6, 6.07) is 28.4. The molecule has 5 aromatic rings. The van der Waals surface area contributed by atoms with Crippen LogP contribution in [0.2, 0.25) is 0 Å². The fourth-order valence-corrected chi connectivity index (χ4v) is 10.2. The maximum absolute atomic E-state index is 15.4. The van der Waals surface area contributed by atoms with Crippen molar-refractivity contribution < 1.29 is 27.4 Å². The number of carbonyl (C=O) groups is 1. The summed E-state index contributed by atoms with van der Waals surface area (Å²) in [6.07, 6.45) is 7.73. The van der Waals surface area contributed by atoms with E-state index >= 15 is 13.2 Å². The van der Waals surface area contributed by atoms with E-state index in [0.717, 1.165) is 96.8 Å². The molecule has 3 atom stereocenters. The Morgan fingerprint density at radius 3 is 2.09 bits per heavy atom. The van der Waals surface area contributed by atoms with E-state index in [9.17, 15) is 0 Å². The van der Waals surface area contributed by atoms with E-state index < -0.39 is 22.2 Å². The number of nitrogens with zero attached hydrogens (tertiary/aromatic N) is 3. The van der Waals surface area contributed by atoms with Crippen LogP contribution in [0, 0.1) is 32.6 Å². The molecule has 6 rings (SSSR count). The minimum Gasteiger partial charge on any atom is -0.491 e. The van der Waals surface area contributed by atoms with Crippen molar-refractivity contribution in [3.05, 3.63) is 108 Å². The number of amides is 1. The molecule has 0 radical (unpaired) electrons. The van der Waals surface area contributed by atoms with E-state index in [-0.39, 0.29) is 41.3 Å². The Balaban J connectivity index is 1.44. The molecule has 3 N–H and O–H groups in total. The number of rotatable bonds is 26. The first-order valence-corrected chi connectivity index (χ1v) is 26.5. The summed E-state index contributed by atoms with van der Waals surface area (Å²) in [7, 11) is -4.24. The molecule has 13 heteroatoms. The van der Waals surface area contributed by atoms with Gasteiger partial charge in [0.2, 0.25) is 6.29 Å². The zero-order valence-electron chi connectivity index (χ0n) is 42.3. The highest BCUT2D eigenvalue weighted by Gasteiger charge is 2.40. The first kappa shape index (κ1) is 52.5. The Kier molecular flexibility index (Phi) is 19.1. The molecule has 0 aromatic heterocycles. The molecular formula is C56H74N6O6S. The summed E-state index contributed by atoms with van der Waals surface area (Å²) >= 11 is 0. The lowest BCUT2D eigenvalue weighted by Gasteiger charge is -2.33. The number of hydrogen-bond donors (Lipinski definition) is 3. The van der Waals surface area contributed by atoms with Gasteiger partial charge in [0.15, 0.2) is 11.5 Å². The van der Waals surface area contributed by atoms with Crippen LogP contribution in [0.3, 0.4) is 0 Å². The molecule has 0 saturated carbocycles.